The summed E-state index contributed by atoms with van der Waals surface area (Å²) >= 11 is 3.54. The summed E-state index contributed by atoms with van der Waals surface area (Å²) in [6.07, 6.45) is 53.1. The van der Waals surface area contributed by atoms with Crippen molar-refractivity contribution >= 4 is 111 Å². The van der Waals surface area contributed by atoms with Crippen LogP contribution in [-0.2, 0) is 0 Å². The van der Waals surface area contributed by atoms with Crippen molar-refractivity contribution in [3.8, 4) is 123 Å². The Kier molecular flexibility index (Phi) is 43.6. The molecule has 0 unspecified atom stereocenters. The van der Waals surface area contributed by atoms with Gasteiger partial charge in [-0.1, -0.05) is 334 Å². The Labute approximate surface area is 898 Å². The smallest absolute Gasteiger partial charge is 0.335 e. The van der Waals surface area contributed by atoms with E-state index < -0.39 is 14.0 Å². The van der Waals surface area contributed by atoms with Crippen LogP contribution in [0.3, 0.4) is 0 Å². The second-order valence-corrected chi connectivity index (χ2v) is 47.5. The van der Waals surface area contributed by atoms with E-state index in [-0.39, 0.29) is 5.56 Å². The van der Waals surface area contributed by atoms with Crippen LogP contribution >= 0.6 is 22.7 Å². The number of hydrogen-bond donors (Lipinski definition) is 3. The predicted octanol–water partition coefficient (Wildman–Crippen LogP) is 37.3. The molecule has 149 heavy (non-hydrogen) atoms. The Bertz CT molecular complexity index is 6310. The van der Waals surface area contributed by atoms with Crippen molar-refractivity contribution in [1.82, 2.24) is 19.9 Å². The number of carbonyl (C=O) groups is 1. The summed E-state index contributed by atoms with van der Waals surface area (Å²) in [5.41, 5.74) is 17.7. The van der Waals surface area contributed by atoms with Crippen LogP contribution in [-0.4, -0.2) is 91.9 Å². The minimum absolute atomic E-state index is 0.272. The number of unbranched alkanes of at least 4 members (excludes halogenated alkanes) is 32. The highest BCUT2D eigenvalue weighted by Gasteiger charge is 2.42. The molecule has 0 radical (unpaired) electrons. The van der Waals surface area contributed by atoms with Gasteiger partial charge in [-0.2, -0.15) is 0 Å². The van der Waals surface area contributed by atoms with E-state index in [4.69, 9.17) is 47.9 Å². The number of fused-ring (bicyclic) bond motifs is 11. The minimum atomic E-state index is -2.26. The van der Waals surface area contributed by atoms with Gasteiger partial charge < -0.3 is 57.9 Å². The van der Waals surface area contributed by atoms with E-state index in [1.807, 2.05) is 12.1 Å². The van der Waals surface area contributed by atoms with Gasteiger partial charge in [0.05, 0.1) is 119 Å². The summed E-state index contributed by atoms with van der Waals surface area (Å²) in [5.74, 6) is 12.9. The zero-order chi connectivity index (χ0) is 104. The van der Waals surface area contributed by atoms with Gasteiger partial charge in [0.1, 0.15) is 54.1 Å². The molecule has 3 aliphatic heterocycles. The summed E-state index contributed by atoms with van der Waals surface area (Å²) < 4.78 is 56.0. The van der Waals surface area contributed by atoms with E-state index in [2.05, 4.69) is 277 Å². The van der Waals surface area contributed by atoms with Gasteiger partial charge in [-0.05, 0) is 224 Å². The van der Waals surface area contributed by atoms with Gasteiger partial charge in [0.2, 0.25) is 0 Å². The first-order valence-corrected chi connectivity index (χ1v) is 61.8. The number of rotatable bonds is 65. The van der Waals surface area contributed by atoms with Crippen molar-refractivity contribution in [2.24, 2.45) is 0 Å². The summed E-state index contributed by atoms with van der Waals surface area (Å²) in [5, 5.41) is 12.7. The van der Waals surface area contributed by atoms with E-state index in [1.165, 1.54) is 110 Å². The van der Waals surface area contributed by atoms with Gasteiger partial charge in [-0.15, -0.1) is 22.7 Å². The monoisotopic (exact) mass is 2060 g/mol. The average Bonchev–Trinajstić information content (AvgIpc) is 1.55. The highest BCUT2D eigenvalue weighted by molar-refractivity contribution is 7.30. The third kappa shape index (κ3) is 30.1. The largest absolute Gasteiger partial charge is 0.493 e. The zero-order valence-corrected chi connectivity index (χ0v) is 93.5. The van der Waals surface area contributed by atoms with Crippen LogP contribution in [0.15, 0.2) is 182 Å². The second-order valence-electron chi connectivity index (χ2n) is 41.0. The molecule has 0 atom stereocenters. The maximum absolute atomic E-state index is 12.1. The van der Waals surface area contributed by atoms with Crippen LogP contribution in [0.4, 0.5) is 17.1 Å². The number of carboxylic acids is 1. The number of thiophene rings is 2. The maximum atomic E-state index is 12.1. The molecule has 8 bridgehead atoms. The molecular weight excluding hydrogens is 1900 g/mol. The van der Waals surface area contributed by atoms with E-state index >= 15 is 0 Å². The summed E-state index contributed by atoms with van der Waals surface area (Å²) in [6.45, 7) is 27.5. The van der Waals surface area contributed by atoms with Gasteiger partial charge in [-0.3, -0.25) is 0 Å². The number of carboxylic acid groups (broad SMARTS) is 1. The molecule has 8 heterocycles. The van der Waals surface area contributed by atoms with Crippen molar-refractivity contribution in [1.29, 1.82) is 0 Å². The lowest BCUT2D eigenvalue weighted by Crippen LogP contribution is -2.48. The minimum Gasteiger partial charge on any atom is -0.493 e. The number of aromatic nitrogens is 4. The van der Waals surface area contributed by atoms with Crippen LogP contribution in [0, 0.1) is 11.8 Å². The van der Waals surface area contributed by atoms with Gasteiger partial charge in [0, 0.05) is 71.4 Å². The van der Waals surface area contributed by atoms with Crippen LogP contribution in [0.5, 0.6) is 46.0 Å². The molecule has 0 saturated carbocycles. The van der Waals surface area contributed by atoms with Crippen molar-refractivity contribution in [3.05, 3.63) is 221 Å². The number of hydrogen-bond acceptors (Lipinski definition) is 14. The number of ether oxygens (including phenoxy) is 8. The number of nitrogens with one attached hydrogen (secondary N) is 2. The standard InChI is InChI=1S/C131H163N5O10S2Si/c1-11-19-27-35-39-47-85-141-115-53-51-54-116(142-86-48-40-36-28-20-12-2)126(115)124-109-77-75-107(132-109)106(74-71-103-93-122-129(147-103)130-123(149(122,9)10)94-121(148-130)97-57-59-98(60-58-97)131(137)138)108-76-78-110(133-108)125(127-117(143-87-49-41-37-29-21-13-3)55-52-56-118(127)144-88-50-42-38-30-22-14-4)112-80-82-114(135-112)128(113-81-79-111(124)134-113)136(99-65-61-95(62-66-99)104-72-69-101(139-83-43-31-23-15-5)91-119(104)145-89-45-33-25-17-7)100-67-63-96(64-68-100)105-73-70-102(140-84-44-32-24-16-6)92-120(105)146-90-46-34-26-18-8/h51-70,72-73,75-82,91-94,132,135H,11-50,83-90H2,1-10H3,(H,137,138). The molecule has 15 nitrogen and oxygen atoms in total. The number of H-pyrrole nitrogens is 2. The molecule has 0 amide bonds. The summed E-state index contributed by atoms with van der Waals surface area (Å²) in [4.78, 5) is 39.7. The SMILES string of the molecule is CCCCCCCCOc1cccc(OCCCCCCCC)c1-c1c2nc(c(N(c3ccc(-c4ccc(OCCCCCC)cc4OCCCCCC)cc3)c3ccc(-c4ccc(OCCCCCC)cc4OCCCCCC)cc3)c3ccc([nH]3)c(-c3c(OCCCCCCCC)cccc3OCCCCCCCC)c3nc(c(C#Cc4cc5c(s4)-c4sc(-c6ccc(C(=O)O)cc6)cc4[Si]5(C)C)c4ccc1[nH]4)C=C3)C=C2. The topological polar surface area (TPSA) is 172 Å². The highest BCUT2D eigenvalue weighted by Crippen LogP contribution is 2.51. The maximum Gasteiger partial charge on any atom is 0.335 e. The fraction of sp³-hybridized carbons (Fsp3) is 0.443. The second kappa shape index (κ2) is 58.4. The third-order valence-corrected chi connectivity index (χ3v) is 35.3. The highest BCUT2D eigenvalue weighted by atomic mass is 32.1. The molecule has 0 fully saturated rings. The fourth-order valence-electron chi connectivity index (χ4n) is 20.4. The van der Waals surface area contributed by atoms with Crippen molar-refractivity contribution in [2.75, 3.05) is 57.8 Å². The van der Waals surface area contributed by atoms with Crippen LogP contribution in [0.25, 0.3) is 111 Å². The summed E-state index contributed by atoms with van der Waals surface area (Å²) in [7, 11) is -2.26. The van der Waals surface area contributed by atoms with Gasteiger partial charge >= 0.3 is 5.97 Å². The first-order valence-electron chi connectivity index (χ1n) is 57.1. The van der Waals surface area contributed by atoms with Gasteiger partial charge in [0.15, 0.2) is 0 Å². The Morgan fingerprint density at radius 2 is 0.658 bits per heavy atom. The first-order chi connectivity index (χ1) is 73.2. The molecule has 15 rings (SSSR count). The zero-order valence-electron chi connectivity index (χ0n) is 90.9. The Morgan fingerprint density at radius 3 is 1.07 bits per heavy atom. The van der Waals surface area contributed by atoms with Crippen LogP contribution in [0.2, 0.25) is 13.1 Å². The molecule has 0 spiro atoms. The number of benzene rings is 7. The molecule has 0 saturated heterocycles. The molecule has 3 N–H and O–H groups in total. The lowest BCUT2D eigenvalue weighted by molar-refractivity contribution is 0.0696. The fourth-order valence-corrected chi connectivity index (χ4v) is 27.4. The third-order valence-electron chi connectivity index (χ3n) is 29.0. The quantitative estimate of drug-likeness (QED) is 0.0187. The first kappa shape index (κ1) is 111. The van der Waals surface area contributed by atoms with Crippen molar-refractivity contribution in [2.45, 2.75) is 325 Å². The Hall–Kier alpha value is -12.0. The van der Waals surface area contributed by atoms with Crippen molar-refractivity contribution < 1.29 is 47.8 Å². The van der Waals surface area contributed by atoms with E-state index in [0.717, 1.165) is 289 Å². The molecular formula is C131H163N5O10S2Si. The number of nitrogens with zero attached hydrogens (tertiary/aromatic N) is 3. The van der Waals surface area contributed by atoms with E-state index in [0.29, 0.717) is 104 Å². The molecule has 7 aromatic carbocycles. The van der Waals surface area contributed by atoms with E-state index in [1.54, 1.807) is 34.8 Å². The van der Waals surface area contributed by atoms with Crippen LogP contribution in [0.1, 0.15) is 356 Å². The molecule has 3 aliphatic rings. The molecule has 5 aromatic heterocycles. The average molecular weight is 2060 g/mol. The van der Waals surface area contributed by atoms with E-state index in [9.17, 15) is 9.90 Å². The normalized spacial score (nSPS) is 12.2. The molecule has 0 aliphatic carbocycles. The number of anilines is 3. The predicted molar refractivity (Wildman–Crippen MR) is 632 cm³/mol. The lowest BCUT2D eigenvalue weighted by atomic mass is 10.0. The number of aromatic amines is 2. The molecule has 12 aromatic rings. The van der Waals surface area contributed by atoms with Gasteiger partial charge in [0.25, 0.3) is 0 Å². The number of aromatic carboxylic acids is 1. The Morgan fingerprint density at radius 1 is 0.322 bits per heavy atom. The summed E-state index contributed by atoms with van der Waals surface area (Å²) in [6, 6.07) is 64.3. The van der Waals surface area contributed by atoms with Crippen LogP contribution < -0.4 is 53.2 Å². The molecule has 788 valence electrons. The lowest BCUT2D eigenvalue weighted by Gasteiger charge is -2.27. The molecule has 18 heteroatoms. The van der Waals surface area contributed by atoms with Crippen molar-refractivity contribution in [3.63, 3.8) is 0 Å². The van der Waals surface area contributed by atoms with Gasteiger partial charge in [-0.25, -0.2) is 14.8 Å². The Balaban J connectivity index is 1.01.